The first kappa shape index (κ1) is 13.4. The molecule has 2 rings (SSSR count). The SMILES string of the molecule is O=C(Nc1cccc(CBr)c1)c1cc(O)cc(O)c1. The molecule has 0 bridgehead atoms. The lowest BCUT2D eigenvalue weighted by atomic mass is 10.1. The number of carbonyl (C=O) groups excluding carboxylic acids is 1. The first-order valence-corrected chi connectivity index (χ1v) is 6.70. The number of carbonyl (C=O) groups is 1. The van der Waals surface area contributed by atoms with Gasteiger partial charge in [-0.05, 0) is 29.8 Å². The van der Waals surface area contributed by atoms with Gasteiger partial charge in [0.15, 0.2) is 0 Å². The maximum Gasteiger partial charge on any atom is 0.255 e. The van der Waals surface area contributed by atoms with E-state index in [-0.39, 0.29) is 17.1 Å². The van der Waals surface area contributed by atoms with E-state index >= 15 is 0 Å². The largest absolute Gasteiger partial charge is 0.508 e. The molecule has 0 radical (unpaired) electrons. The van der Waals surface area contributed by atoms with Gasteiger partial charge in [-0.1, -0.05) is 28.1 Å². The van der Waals surface area contributed by atoms with Crippen molar-refractivity contribution in [2.45, 2.75) is 5.33 Å². The third-order valence-electron chi connectivity index (χ3n) is 2.50. The molecule has 0 unspecified atom stereocenters. The second-order valence-corrected chi connectivity index (χ2v) is 4.59. The number of hydrogen-bond donors (Lipinski definition) is 3. The van der Waals surface area contributed by atoms with E-state index in [1.165, 1.54) is 18.2 Å². The van der Waals surface area contributed by atoms with Gasteiger partial charge in [0.05, 0.1) is 0 Å². The minimum Gasteiger partial charge on any atom is -0.508 e. The molecule has 1 amide bonds. The summed E-state index contributed by atoms with van der Waals surface area (Å²) in [6, 6.07) is 11.1. The molecule has 0 spiro atoms. The van der Waals surface area contributed by atoms with Crippen LogP contribution in [0.15, 0.2) is 42.5 Å². The van der Waals surface area contributed by atoms with Crippen LogP contribution >= 0.6 is 15.9 Å². The third kappa shape index (κ3) is 3.48. The highest BCUT2D eigenvalue weighted by molar-refractivity contribution is 9.08. The molecule has 19 heavy (non-hydrogen) atoms. The standard InChI is InChI=1S/C14H12BrNO3/c15-8-9-2-1-3-11(4-9)16-14(19)10-5-12(17)7-13(18)6-10/h1-7,17-18H,8H2,(H,16,19). The van der Waals surface area contributed by atoms with Crippen molar-refractivity contribution in [3.8, 4) is 11.5 Å². The quantitative estimate of drug-likeness (QED) is 0.760. The number of aromatic hydroxyl groups is 2. The van der Waals surface area contributed by atoms with Gasteiger partial charge in [0, 0.05) is 22.6 Å². The van der Waals surface area contributed by atoms with Gasteiger partial charge >= 0.3 is 0 Å². The number of rotatable bonds is 3. The Morgan fingerprint density at radius 1 is 1.11 bits per heavy atom. The highest BCUT2D eigenvalue weighted by atomic mass is 79.9. The lowest BCUT2D eigenvalue weighted by molar-refractivity contribution is 0.102. The molecule has 0 aliphatic carbocycles. The molecule has 0 aliphatic rings. The molecule has 2 aromatic rings. The molecule has 5 heteroatoms. The summed E-state index contributed by atoms with van der Waals surface area (Å²) in [6.45, 7) is 0. The van der Waals surface area contributed by atoms with Gasteiger partial charge in [-0.25, -0.2) is 0 Å². The molecule has 0 atom stereocenters. The van der Waals surface area contributed by atoms with E-state index in [9.17, 15) is 15.0 Å². The third-order valence-corrected chi connectivity index (χ3v) is 3.15. The molecular weight excluding hydrogens is 310 g/mol. The monoisotopic (exact) mass is 321 g/mol. The summed E-state index contributed by atoms with van der Waals surface area (Å²) in [5, 5.41) is 22.1. The second-order valence-electron chi connectivity index (χ2n) is 4.03. The number of phenolic OH excluding ortho intramolecular Hbond substituents is 2. The van der Waals surface area contributed by atoms with Gasteiger partial charge in [0.2, 0.25) is 0 Å². The van der Waals surface area contributed by atoms with E-state index in [4.69, 9.17) is 0 Å². The van der Waals surface area contributed by atoms with Crippen LogP contribution in [0.3, 0.4) is 0 Å². The maximum atomic E-state index is 12.0. The van der Waals surface area contributed by atoms with E-state index in [0.29, 0.717) is 11.0 Å². The number of alkyl halides is 1. The van der Waals surface area contributed by atoms with Crippen LogP contribution < -0.4 is 5.32 Å². The molecule has 0 aliphatic heterocycles. The highest BCUT2D eigenvalue weighted by Crippen LogP contribution is 2.21. The summed E-state index contributed by atoms with van der Waals surface area (Å²) in [6.07, 6.45) is 0. The van der Waals surface area contributed by atoms with Crippen LogP contribution in [0.25, 0.3) is 0 Å². The van der Waals surface area contributed by atoms with E-state index in [2.05, 4.69) is 21.2 Å². The molecule has 0 fully saturated rings. The second kappa shape index (κ2) is 5.75. The minimum absolute atomic E-state index is 0.153. The van der Waals surface area contributed by atoms with Gasteiger partial charge in [-0.15, -0.1) is 0 Å². The van der Waals surface area contributed by atoms with Crippen molar-refractivity contribution < 1.29 is 15.0 Å². The number of nitrogens with one attached hydrogen (secondary N) is 1. The highest BCUT2D eigenvalue weighted by Gasteiger charge is 2.09. The van der Waals surface area contributed by atoms with Crippen LogP contribution in [-0.4, -0.2) is 16.1 Å². The molecule has 0 heterocycles. The average molecular weight is 322 g/mol. The fourth-order valence-electron chi connectivity index (χ4n) is 1.66. The van der Waals surface area contributed by atoms with Crippen molar-refractivity contribution in [1.82, 2.24) is 0 Å². The van der Waals surface area contributed by atoms with Gasteiger partial charge in [0.1, 0.15) is 11.5 Å². The molecule has 0 saturated heterocycles. The molecule has 0 saturated carbocycles. The predicted molar refractivity (Wildman–Crippen MR) is 76.8 cm³/mol. The van der Waals surface area contributed by atoms with Crippen LogP contribution in [0.2, 0.25) is 0 Å². The Balaban J connectivity index is 2.20. The van der Waals surface area contributed by atoms with E-state index in [1.54, 1.807) is 6.07 Å². The number of halogens is 1. The molecule has 2 aromatic carbocycles. The van der Waals surface area contributed by atoms with Crippen molar-refractivity contribution in [3.63, 3.8) is 0 Å². The normalized spacial score (nSPS) is 10.2. The molecule has 98 valence electrons. The zero-order valence-electron chi connectivity index (χ0n) is 9.93. The van der Waals surface area contributed by atoms with Crippen LogP contribution in [0.4, 0.5) is 5.69 Å². The van der Waals surface area contributed by atoms with Gasteiger partial charge < -0.3 is 15.5 Å². The molecule has 3 N–H and O–H groups in total. The Bertz CT molecular complexity index is 593. The lowest BCUT2D eigenvalue weighted by Gasteiger charge is -2.07. The Kier molecular flexibility index (Phi) is 4.06. The molecular formula is C14H12BrNO3. The first-order valence-electron chi connectivity index (χ1n) is 5.58. The maximum absolute atomic E-state index is 12.0. The van der Waals surface area contributed by atoms with Crippen LogP contribution in [0.1, 0.15) is 15.9 Å². The Morgan fingerprint density at radius 2 is 1.79 bits per heavy atom. The fraction of sp³-hybridized carbons (Fsp3) is 0.0714. The minimum atomic E-state index is -0.391. The van der Waals surface area contributed by atoms with Crippen molar-refractivity contribution in [2.75, 3.05) is 5.32 Å². The Labute approximate surface area is 118 Å². The van der Waals surface area contributed by atoms with E-state index < -0.39 is 5.91 Å². The van der Waals surface area contributed by atoms with Crippen molar-refractivity contribution in [2.24, 2.45) is 0 Å². The number of benzene rings is 2. The summed E-state index contributed by atoms with van der Waals surface area (Å²) in [5.74, 6) is -0.698. The summed E-state index contributed by atoms with van der Waals surface area (Å²) < 4.78 is 0. The molecule has 0 aromatic heterocycles. The van der Waals surface area contributed by atoms with Gasteiger partial charge in [0.25, 0.3) is 5.91 Å². The zero-order valence-corrected chi connectivity index (χ0v) is 11.5. The van der Waals surface area contributed by atoms with Crippen molar-refractivity contribution in [3.05, 3.63) is 53.6 Å². The number of anilines is 1. The van der Waals surface area contributed by atoms with E-state index in [0.717, 1.165) is 5.56 Å². The number of hydrogen-bond acceptors (Lipinski definition) is 3. The summed E-state index contributed by atoms with van der Waals surface area (Å²) in [5.41, 5.74) is 1.89. The summed E-state index contributed by atoms with van der Waals surface area (Å²) in [7, 11) is 0. The Morgan fingerprint density at radius 3 is 2.42 bits per heavy atom. The van der Waals surface area contributed by atoms with Gasteiger partial charge in [-0.2, -0.15) is 0 Å². The summed E-state index contributed by atoms with van der Waals surface area (Å²) >= 11 is 3.34. The Hall–Kier alpha value is -2.01. The van der Waals surface area contributed by atoms with Crippen molar-refractivity contribution >= 4 is 27.5 Å². The predicted octanol–water partition coefficient (Wildman–Crippen LogP) is 3.25. The lowest BCUT2D eigenvalue weighted by Crippen LogP contribution is -2.11. The topological polar surface area (TPSA) is 69.6 Å². The summed E-state index contributed by atoms with van der Waals surface area (Å²) in [4.78, 5) is 12.0. The average Bonchev–Trinajstić information content (AvgIpc) is 2.37. The number of amides is 1. The van der Waals surface area contributed by atoms with Crippen LogP contribution in [0, 0.1) is 0 Å². The van der Waals surface area contributed by atoms with Crippen molar-refractivity contribution in [1.29, 1.82) is 0 Å². The fourth-order valence-corrected chi connectivity index (χ4v) is 2.01. The van der Waals surface area contributed by atoms with Crippen LogP contribution in [-0.2, 0) is 5.33 Å². The zero-order chi connectivity index (χ0) is 13.8. The first-order chi connectivity index (χ1) is 9.08. The van der Waals surface area contributed by atoms with Gasteiger partial charge in [-0.3, -0.25) is 4.79 Å². The number of phenols is 2. The molecule has 4 nitrogen and oxygen atoms in total. The van der Waals surface area contributed by atoms with E-state index in [1.807, 2.05) is 18.2 Å². The van der Waals surface area contributed by atoms with Crippen LogP contribution in [0.5, 0.6) is 11.5 Å². The smallest absolute Gasteiger partial charge is 0.255 e.